The molecule has 1 amide bonds. The number of ketones is 3. The maximum absolute atomic E-state index is 13.9. The van der Waals surface area contributed by atoms with Gasteiger partial charge in [-0.05, 0) is 35.7 Å². The fourth-order valence-corrected chi connectivity index (χ4v) is 6.91. The van der Waals surface area contributed by atoms with Crippen molar-refractivity contribution in [2.75, 3.05) is 5.32 Å². The van der Waals surface area contributed by atoms with E-state index in [2.05, 4.69) is 5.32 Å². The number of amides is 1. The minimum atomic E-state index is -4.21. The van der Waals surface area contributed by atoms with E-state index < -0.39 is 33.4 Å². The van der Waals surface area contributed by atoms with E-state index in [0.29, 0.717) is 16.8 Å². The minimum Gasteiger partial charge on any atom is -0.326 e. The molecule has 1 heterocycles. The molecule has 0 radical (unpaired) electrons. The van der Waals surface area contributed by atoms with Crippen molar-refractivity contribution in [2.24, 2.45) is 11.8 Å². The largest absolute Gasteiger partial charge is 0.326 e. The Morgan fingerprint density at radius 1 is 0.972 bits per heavy atom. The van der Waals surface area contributed by atoms with Crippen LogP contribution >= 0.6 is 0 Å². The van der Waals surface area contributed by atoms with E-state index in [9.17, 15) is 27.6 Å². The summed E-state index contributed by atoms with van der Waals surface area (Å²) in [7, 11) is -4.21. The lowest BCUT2D eigenvalue weighted by Crippen LogP contribution is -2.44. The molecule has 0 aliphatic heterocycles. The molecule has 1 aromatic heterocycles. The number of anilines is 1. The second kappa shape index (κ2) is 8.67. The molecule has 2 aliphatic carbocycles. The first-order valence-electron chi connectivity index (χ1n) is 11.6. The predicted molar refractivity (Wildman–Crippen MR) is 132 cm³/mol. The predicted octanol–water partition coefficient (Wildman–Crippen LogP) is 3.81. The van der Waals surface area contributed by atoms with Gasteiger partial charge in [0.1, 0.15) is 5.78 Å². The molecular formula is C27H24N2O6S. The molecule has 1 saturated carbocycles. The van der Waals surface area contributed by atoms with E-state index >= 15 is 0 Å². The van der Waals surface area contributed by atoms with Crippen LogP contribution in [0.3, 0.4) is 0 Å². The number of hydrogen-bond donors (Lipinski definition) is 1. The maximum atomic E-state index is 13.9. The van der Waals surface area contributed by atoms with Gasteiger partial charge in [-0.2, -0.15) is 0 Å². The number of carbonyl (C=O) groups excluding carboxylic acids is 4. The van der Waals surface area contributed by atoms with Gasteiger partial charge in [0.25, 0.3) is 10.0 Å². The van der Waals surface area contributed by atoms with Crippen LogP contribution in [0.2, 0.25) is 0 Å². The molecule has 8 nitrogen and oxygen atoms in total. The number of Topliss-reactive ketones (excluding diaryl/α,β-unsaturated/α-hetero) is 3. The summed E-state index contributed by atoms with van der Waals surface area (Å²) in [6.45, 7) is 3.11. The summed E-state index contributed by atoms with van der Waals surface area (Å²) < 4.78 is 28.9. The van der Waals surface area contributed by atoms with Gasteiger partial charge in [-0.25, -0.2) is 12.4 Å². The van der Waals surface area contributed by atoms with E-state index in [1.54, 1.807) is 37.3 Å². The van der Waals surface area contributed by atoms with Crippen molar-refractivity contribution in [2.45, 2.75) is 37.5 Å². The molecule has 2 aromatic carbocycles. The van der Waals surface area contributed by atoms with Crippen molar-refractivity contribution in [1.82, 2.24) is 3.97 Å². The van der Waals surface area contributed by atoms with E-state index in [1.165, 1.54) is 37.4 Å². The number of fused-ring (bicyclic) bond motifs is 3. The van der Waals surface area contributed by atoms with Crippen LogP contribution in [0.5, 0.6) is 0 Å². The van der Waals surface area contributed by atoms with Crippen molar-refractivity contribution < 1.29 is 27.6 Å². The zero-order valence-corrected chi connectivity index (χ0v) is 20.5. The average molecular weight is 505 g/mol. The van der Waals surface area contributed by atoms with Crippen LogP contribution in [0.15, 0.2) is 65.7 Å². The molecule has 9 heteroatoms. The Kier molecular flexibility index (Phi) is 5.75. The summed E-state index contributed by atoms with van der Waals surface area (Å²) in [5.74, 6) is -3.49. The maximum Gasteiger partial charge on any atom is 0.267 e. The first-order valence-corrected chi connectivity index (χ1v) is 13.1. The number of aromatic nitrogens is 1. The van der Waals surface area contributed by atoms with Gasteiger partial charge < -0.3 is 5.32 Å². The Hall–Kier alpha value is -3.85. The lowest BCUT2D eigenvalue weighted by molar-refractivity contribution is -0.128. The Labute approximate surface area is 208 Å². The number of rotatable bonds is 4. The van der Waals surface area contributed by atoms with Gasteiger partial charge in [0.2, 0.25) is 17.5 Å². The lowest BCUT2D eigenvalue weighted by atomic mass is 9.64. The quantitative estimate of drug-likeness (QED) is 0.540. The monoisotopic (exact) mass is 504 g/mol. The van der Waals surface area contributed by atoms with Crippen molar-refractivity contribution in [1.29, 1.82) is 0 Å². The number of carbonyl (C=O) groups is 4. The van der Waals surface area contributed by atoms with Crippen LogP contribution in [0.4, 0.5) is 5.69 Å². The summed E-state index contributed by atoms with van der Waals surface area (Å²) >= 11 is 0. The highest BCUT2D eigenvalue weighted by molar-refractivity contribution is 7.90. The molecule has 3 unspecified atom stereocenters. The van der Waals surface area contributed by atoms with E-state index in [4.69, 9.17) is 0 Å². The molecule has 1 fully saturated rings. The zero-order chi connectivity index (χ0) is 25.8. The number of nitrogens with one attached hydrogen (secondary N) is 1. The minimum absolute atomic E-state index is 0.00371. The summed E-state index contributed by atoms with van der Waals surface area (Å²) in [5, 5.41) is 2.60. The Balaban J connectivity index is 1.75. The van der Waals surface area contributed by atoms with E-state index in [0.717, 1.165) is 3.97 Å². The second-order valence-corrected chi connectivity index (χ2v) is 11.2. The normalized spacial score (nSPS) is 21.6. The number of hydrogen-bond acceptors (Lipinski definition) is 6. The van der Waals surface area contributed by atoms with Crippen molar-refractivity contribution >= 4 is 39.0 Å². The molecule has 1 N–H and O–H groups in total. The fraction of sp³-hybridized carbons (Fsp3) is 0.259. The smallest absolute Gasteiger partial charge is 0.267 e. The van der Waals surface area contributed by atoms with Gasteiger partial charge in [-0.1, -0.05) is 37.3 Å². The Bertz CT molecular complexity index is 1520. The lowest BCUT2D eigenvalue weighted by Gasteiger charge is -2.38. The highest BCUT2D eigenvalue weighted by Gasteiger charge is 2.51. The first kappa shape index (κ1) is 23.9. The third-order valence-corrected chi connectivity index (χ3v) is 8.66. The SMILES string of the molecule is CC(=O)Nc1ccc(S(=O)(=O)n2cc(-c3ccccc3)c3c2C2CC(=O)CC(C)C2C(=O)C3=O)cc1. The third kappa shape index (κ3) is 3.80. The molecule has 0 spiro atoms. The molecular weight excluding hydrogens is 480 g/mol. The van der Waals surface area contributed by atoms with Gasteiger partial charge in [0.05, 0.1) is 16.2 Å². The highest BCUT2D eigenvalue weighted by Crippen LogP contribution is 2.48. The summed E-state index contributed by atoms with van der Waals surface area (Å²) in [6, 6.07) is 14.5. The number of nitrogens with zero attached hydrogens (tertiary/aromatic N) is 1. The molecule has 2 aliphatic rings. The van der Waals surface area contributed by atoms with E-state index in [1.807, 2.05) is 0 Å². The molecule has 0 bridgehead atoms. The zero-order valence-electron chi connectivity index (χ0n) is 19.7. The summed E-state index contributed by atoms with van der Waals surface area (Å²) in [5.41, 5.74) is 1.61. The molecule has 0 saturated heterocycles. The Morgan fingerprint density at radius 3 is 2.28 bits per heavy atom. The van der Waals surface area contributed by atoms with E-state index in [-0.39, 0.29) is 46.6 Å². The van der Waals surface area contributed by atoms with Crippen molar-refractivity contribution in [3.05, 3.63) is 72.1 Å². The standard InChI is InChI=1S/C27H24N2O6S/c1-15-12-19(31)13-21-23(15)26(32)27(33)24-22(17-6-4-3-5-7-17)14-29(25(21)24)36(34,35)20-10-8-18(9-11-20)28-16(2)30/h3-11,14-15,21,23H,12-13H2,1-2H3,(H,28,30). The van der Waals surface area contributed by atoms with Gasteiger partial charge in [0, 0.05) is 49.0 Å². The number of benzene rings is 2. The van der Waals surface area contributed by atoms with Crippen molar-refractivity contribution in [3.63, 3.8) is 0 Å². The first-order chi connectivity index (χ1) is 17.1. The fourth-order valence-electron chi connectivity index (χ4n) is 5.47. The van der Waals surface area contributed by atoms with Gasteiger partial charge in [-0.3, -0.25) is 19.2 Å². The van der Waals surface area contributed by atoms with Crippen LogP contribution in [-0.2, 0) is 24.4 Å². The third-order valence-electron chi connectivity index (χ3n) is 6.97. The molecule has 36 heavy (non-hydrogen) atoms. The topological polar surface area (TPSA) is 119 Å². The Morgan fingerprint density at radius 2 is 1.64 bits per heavy atom. The van der Waals surface area contributed by atoms with Crippen LogP contribution in [0.25, 0.3) is 11.1 Å². The van der Waals surface area contributed by atoms with Gasteiger partial charge in [-0.15, -0.1) is 0 Å². The molecule has 184 valence electrons. The highest BCUT2D eigenvalue weighted by atomic mass is 32.2. The second-order valence-electron chi connectivity index (χ2n) is 9.43. The molecule has 3 aromatic rings. The van der Waals surface area contributed by atoms with Crippen LogP contribution in [0, 0.1) is 11.8 Å². The van der Waals surface area contributed by atoms with Crippen LogP contribution in [-0.4, -0.2) is 35.6 Å². The van der Waals surface area contributed by atoms with Gasteiger partial charge in [0.15, 0.2) is 0 Å². The molecule has 5 rings (SSSR count). The average Bonchev–Trinajstić information content (AvgIpc) is 3.25. The summed E-state index contributed by atoms with van der Waals surface area (Å²) in [6.07, 6.45) is 1.56. The van der Waals surface area contributed by atoms with Crippen LogP contribution in [0.1, 0.15) is 48.7 Å². The van der Waals surface area contributed by atoms with Crippen LogP contribution < -0.4 is 5.32 Å². The summed E-state index contributed by atoms with van der Waals surface area (Å²) in [4.78, 5) is 50.5. The molecule has 3 atom stereocenters. The van der Waals surface area contributed by atoms with Crippen molar-refractivity contribution in [3.8, 4) is 11.1 Å². The van der Waals surface area contributed by atoms with Gasteiger partial charge >= 0.3 is 0 Å².